The van der Waals surface area contributed by atoms with Crippen LogP contribution in [0, 0.1) is 6.92 Å². The van der Waals surface area contributed by atoms with Crippen molar-refractivity contribution in [3.8, 4) is 0 Å². The summed E-state index contributed by atoms with van der Waals surface area (Å²) in [6.45, 7) is 3.20. The minimum atomic E-state index is -0.281. The Bertz CT molecular complexity index is 590. The van der Waals surface area contributed by atoms with Gasteiger partial charge in [0.05, 0.1) is 6.33 Å². The molecule has 112 valence electrons. The first-order valence-electron chi connectivity index (χ1n) is 6.52. The summed E-state index contributed by atoms with van der Waals surface area (Å²) < 4.78 is 1.96. The predicted molar refractivity (Wildman–Crippen MR) is 85.1 cm³/mol. The van der Waals surface area contributed by atoms with Crippen LogP contribution in [0.2, 0.25) is 10.0 Å². The Morgan fingerprint density at radius 1 is 1.33 bits per heavy atom. The van der Waals surface area contributed by atoms with Crippen LogP contribution >= 0.6 is 23.2 Å². The highest BCUT2D eigenvalue weighted by Gasteiger charge is 2.06. The summed E-state index contributed by atoms with van der Waals surface area (Å²) in [6.07, 6.45) is 6.18. The molecule has 0 saturated heterocycles. The second kappa shape index (κ2) is 7.33. The van der Waals surface area contributed by atoms with Crippen molar-refractivity contribution < 1.29 is 4.79 Å². The van der Waals surface area contributed by atoms with Crippen molar-refractivity contribution in [2.75, 3.05) is 11.9 Å². The van der Waals surface area contributed by atoms with Crippen molar-refractivity contribution in [1.29, 1.82) is 0 Å². The van der Waals surface area contributed by atoms with Crippen molar-refractivity contribution >= 4 is 34.9 Å². The Balaban J connectivity index is 1.76. The zero-order chi connectivity index (χ0) is 15.2. The number of urea groups is 1. The molecule has 0 aliphatic carbocycles. The average Bonchev–Trinajstić information content (AvgIpc) is 2.94. The number of hydrogen-bond acceptors (Lipinski definition) is 2. The van der Waals surface area contributed by atoms with Crippen LogP contribution in [-0.4, -0.2) is 22.1 Å². The molecular formula is C14H16Cl2N4O. The highest BCUT2D eigenvalue weighted by molar-refractivity contribution is 6.36. The van der Waals surface area contributed by atoms with Crippen LogP contribution in [0.1, 0.15) is 12.0 Å². The van der Waals surface area contributed by atoms with Crippen LogP contribution in [-0.2, 0) is 6.54 Å². The maximum absolute atomic E-state index is 11.8. The van der Waals surface area contributed by atoms with E-state index in [0.717, 1.165) is 18.5 Å². The largest absolute Gasteiger partial charge is 0.338 e. The van der Waals surface area contributed by atoms with Gasteiger partial charge in [-0.2, -0.15) is 0 Å². The van der Waals surface area contributed by atoms with Crippen LogP contribution in [0.25, 0.3) is 0 Å². The molecule has 1 aromatic heterocycles. The van der Waals surface area contributed by atoms with Crippen molar-refractivity contribution in [2.24, 2.45) is 0 Å². The number of amides is 2. The number of halogens is 2. The van der Waals surface area contributed by atoms with Gasteiger partial charge in [0.1, 0.15) is 0 Å². The molecule has 1 heterocycles. The molecule has 7 heteroatoms. The number of carbonyl (C=O) groups excluding carboxylic acids is 1. The fourth-order valence-electron chi connectivity index (χ4n) is 1.78. The molecule has 0 aliphatic rings. The number of carbonyl (C=O) groups is 1. The molecular weight excluding hydrogens is 311 g/mol. The maximum atomic E-state index is 11.8. The topological polar surface area (TPSA) is 59.0 Å². The highest BCUT2D eigenvalue weighted by atomic mass is 35.5. The molecule has 0 radical (unpaired) electrons. The first kappa shape index (κ1) is 15.7. The summed E-state index contributed by atoms with van der Waals surface area (Å²) in [6, 6.07) is 3.07. The lowest BCUT2D eigenvalue weighted by Crippen LogP contribution is -2.30. The summed E-state index contributed by atoms with van der Waals surface area (Å²) in [5.74, 6) is 0. The average molecular weight is 327 g/mol. The second-order valence-electron chi connectivity index (χ2n) is 4.60. The molecule has 0 unspecified atom stereocenters. The van der Waals surface area contributed by atoms with Crippen LogP contribution in [0.4, 0.5) is 10.5 Å². The first-order chi connectivity index (χ1) is 10.1. The lowest BCUT2D eigenvalue weighted by molar-refractivity contribution is 0.252. The molecule has 21 heavy (non-hydrogen) atoms. The molecule has 0 fully saturated rings. The van der Waals surface area contributed by atoms with E-state index in [1.807, 2.05) is 17.7 Å². The van der Waals surface area contributed by atoms with E-state index in [2.05, 4.69) is 15.6 Å². The van der Waals surface area contributed by atoms with E-state index in [1.165, 1.54) is 0 Å². The van der Waals surface area contributed by atoms with Gasteiger partial charge in [0.15, 0.2) is 0 Å². The third-order valence-electron chi connectivity index (χ3n) is 2.98. The van der Waals surface area contributed by atoms with E-state index in [4.69, 9.17) is 23.2 Å². The Kier molecular flexibility index (Phi) is 5.47. The van der Waals surface area contributed by atoms with Gasteiger partial charge in [0, 0.05) is 41.2 Å². The molecule has 2 N–H and O–H groups in total. The molecule has 2 rings (SSSR count). The number of nitrogens with zero attached hydrogens (tertiary/aromatic N) is 2. The Morgan fingerprint density at radius 2 is 2.05 bits per heavy atom. The van der Waals surface area contributed by atoms with Crippen LogP contribution in [0.3, 0.4) is 0 Å². The fraction of sp³-hybridized carbons (Fsp3) is 0.286. The Morgan fingerprint density at radius 3 is 2.67 bits per heavy atom. The van der Waals surface area contributed by atoms with Gasteiger partial charge in [-0.15, -0.1) is 0 Å². The zero-order valence-electron chi connectivity index (χ0n) is 11.6. The number of nitrogens with one attached hydrogen (secondary N) is 2. The van der Waals surface area contributed by atoms with E-state index in [9.17, 15) is 4.79 Å². The normalized spacial score (nSPS) is 10.4. The number of rotatable bonds is 5. The van der Waals surface area contributed by atoms with Gasteiger partial charge in [0.25, 0.3) is 0 Å². The molecule has 0 bridgehead atoms. The van der Waals surface area contributed by atoms with Crippen molar-refractivity contribution in [2.45, 2.75) is 19.9 Å². The fourth-order valence-corrected chi connectivity index (χ4v) is 2.26. The van der Waals surface area contributed by atoms with E-state index >= 15 is 0 Å². The lowest BCUT2D eigenvalue weighted by atomic mass is 10.2. The zero-order valence-corrected chi connectivity index (χ0v) is 13.1. The van der Waals surface area contributed by atoms with E-state index in [1.54, 1.807) is 24.7 Å². The SMILES string of the molecule is Cc1c(Cl)cc(NC(=O)NCCCn2ccnc2)cc1Cl. The maximum Gasteiger partial charge on any atom is 0.319 e. The van der Waals surface area contributed by atoms with Gasteiger partial charge in [-0.25, -0.2) is 9.78 Å². The minimum Gasteiger partial charge on any atom is -0.338 e. The number of hydrogen-bond donors (Lipinski definition) is 2. The van der Waals surface area contributed by atoms with Crippen molar-refractivity contribution in [3.05, 3.63) is 46.5 Å². The number of benzene rings is 1. The van der Waals surface area contributed by atoms with Gasteiger partial charge >= 0.3 is 6.03 Å². The highest BCUT2D eigenvalue weighted by Crippen LogP contribution is 2.27. The first-order valence-corrected chi connectivity index (χ1v) is 7.28. The summed E-state index contributed by atoms with van der Waals surface area (Å²) in [5, 5.41) is 6.54. The number of aryl methyl sites for hydroxylation is 1. The Labute approximate surface area is 133 Å². The molecule has 1 aromatic carbocycles. The summed E-state index contributed by atoms with van der Waals surface area (Å²) >= 11 is 12.0. The van der Waals surface area contributed by atoms with Gasteiger partial charge in [-0.05, 0) is 31.0 Å². The summed E-state index contributed by atoms with van der Waals surface area (Å²) in [4.78, 5) is 15.7. The molecule has 2 aromatic rings. The van der Waals surface area contributed by atoms with E-state index in [0.29, 0.717) is 22.3 Å². The summed E-state index contributed by atoms with van der Waals surface area (Å²) in [5.41, 5.74) is 1.37. The second-order valence-corrected chi connectivity index (χ2v) is 5.41. The predicted octanol–water partition coefficient (Wildman–Crippen LogP) is 3.71. The van der Waals surface area contributed by atoms with Gasteiger partial charge in [-0.1, -0.05) is 23.2 Å². The third kappa shape index (κ3) is 4.65. The van der Waals surface area contributed by atoms with Crippen LogP contribution in [0.5, 0.6) is 0 Å². The molecule has 0 saturated carbocycles. The molecule has 2 amide bonds. The van der Waals surface area contributed by atoms with E-state index < -0.39 is 0 Å². The summed E-state index contributed by atoms with van der Waals surface area (Å²) in [7, 11) is 0. The lowest BCUT2D eigenvalue weighted by Gasteiger charge is -2.10. The minimum absolute atomic E-state index is 0.281. The standard InChI is InChI=1S/C14H16Cl2N4O/c1-10-12(15)7-11(8-13(10)16)19-14(21)18-3-2-5-20-6-4-17-9-20/h4,6-9H,2-3,5H2,1H3,(H2,18,19,21). The number of imidazole rings is 1. The number of aromatic nitrogens is 2. The van der Waals surface area contributed by atoms with Crippen LogP contribution < -0.4 is 10.6 Å². The monoisotopic (exact) mass is 326 g/mol. The van der Waals surface area contributed by atoms with Crippen LogP contribution in [0.15, 0.2) is 30.9 Å². The van der Waals surface area contributed by atoms with Gasteiger partial charge in [0.2, 0.25) is 0 Å². The third-order valence-corrected chi connectivity index (χ3v) is 3.76. The van der Waals surface area contributed by atoms with E-state index in [-0.39, 0.29) is 6.03 Å². The van der Waals surface area contributed by atoms with Gasteiger partial charge in [-0.3, -0.25) is 0 Å². The Hall–Kier alpha value is -1.72. The molecule has 0 aliphatic heterocycles. The van der Waals surface area contributed by atoms with Crippen molar-refractivity contribution in [3.63, 3.8) is 0 Å². The smallest absolute Gasteiger partial charge is 0.319 e. The molecule has 5 nitrogen and oxygen atoms in total. The molecule has 0 atom stereocenters. The van der Waals surface area contributed by atoms with Crippen molar-refractivity contribution in [1.82, 2.24) is 14.9 Å². The van der Waals surface area contributed by atoms with Gasteiger partial charge < -0.3 is 15.2 Å². The molecule has 0 spiro atoms. The number of anilines is 1. The quantitative estimate of drug-likeness (QED) is 0.823.